The van der Waals surface area contributed by atoms with Crippen LogP contribution in [0.2, 0.25) is 0 Å². The van der Waals surface area contributed by atoms with Gasteiger partial charge in [0, 0.05) is 29.6 Å². The zero-order valence-corrected chi connectivity index (χ0v) is 13.1. The van der Waals surface area contributed by atoms with Crippen molar-refractivity contribution in [3.63, 3.8) is 0 Å². The molecule has 1 aromatic heterocycles. The van der Waals surface area contributed by atoms with Gasteiger partial charge in [-0.05, 0) is 56.1 Å². The van der Waals surface area contributed by atoms with E-state index in [1.807, 2.05) is 4.57 Å². The highest BCUT2D eigenvalue weighted by molar-refractivity contribution is 5.73. The fraction of sp³-hybridized carbons (Fsp3) is 0.500. The quantitative estimate of drug-likeness (QED) is 0.499. The highest BCUT2D eigenvalue weighted by Gasteiger charge is 2.23. The van der Waals surface area contributed by atoms with Crippen LogP contribution in [-0.2, 0) is 19.4 Å². The number of nitrogens with zero attached hydrogens (tertiary/aromatic N) is 1. The molecule has 22 heavy (non-hydrogen) atoms. The Bertz CT molecular complexity index is 653. The van der Waals surface area contributed by atoms with Gasteiger partial charge in [-0.2, -0.15) is 0 Å². The van der Waals surface area contributed by atoms with Gasteiger partial charge < -0.3 is 9.99 Å². The Balaban J connectivity index is 2.10. The number of rotatable bonds is 5. The second-order valence-corrected chi connectivity index (χ2v) is 6.42. The average Bonchev–Trinajstić information content (AvgIpc) is 2.50. The maximum Gasteiger partial charge on any atom is 0.258 e. The number of allylic oxidation sites excluding steroid dienone is 2. The van der Waals surface area contributed by atoms with Gasteiger partial charge in [0.25, 0.3) is 5.56 Å². The third kappa shape index (κ3) is 2.75. The molecular formula is C18H25N3O. The molecule has 1 saturated carbocycles. The Labute approximate surface area is 131 Å². The molecule has 4 heteroatoms. The molecule has 0 atom stereocenters. The van der Waals surface area contributed by atoms with Crippen molar-refractivity contribution >= 4 is 5.57 Å². The number of hydrogen-bond acceptors (Lipinski definition) is 3. The minimum atomic E-state index is 0.106. The van der Waals surface area contributed by atoms with Crippen molar-refractivity contribution in [3.05, 3.63) is 52.1 Å². The summed E-state index contributed by atoms with van der Waals surface area (Å²) in [5.74, 6) is 6.07. The van der Waals surface area contributed by atoms with Crippen LogP contribution >= 0.6 is 0 Å². The van der Waals surface area contributed by atoms with Crippen LogP contribution in [-0.4, -0.2) is 4.57 Å². The molecule has 0 aromatic carbocycles. The molecule has 1 heterocycles. The molecule has 0 amide bonds. The smallest absolute Gasteiger partial charge is 0.258 e. The first-order valence-electron chi connectivity index (χ1n) is 8.29. The van der Waals surface area contributed by atoms with Crippen LogP contribution in [0.4, 0.5) is 0 Å². The van der Waals surface area contributed by atoms with Crippen LogP contribution in [0.15, 0.2) is 29.7 Å². The van der Waals surface area contributed by atoms with Crippen molar-refractivity contribution in [2.24, 2.45) is 11.8 Å². The standard InChI is InChI=1S/C18H25N3O/c1-2-14(11-20-19)16-10-15-8-3-4-9-17(15)21(18(16)22)12-13-6-5-7-13/h2,10-11,13,20H,1,3-9,12,19H2/b14-11+. The molecule has 0 unspecified atom stereocenters. The summed E-state index contributed by atoms with van der Waals surface area (Å²) in [5.41, 5.74) is 6.70. The van der Waals surface area contributed by atoms with Crippen LogP contribution < -0.4 is 16.8 Å². The highest BCUT2D eigenvalue weighted by atomic mass is 16.1. The zero-order chi connectivity index (χ0) is 15.5. The van der Waals surface area contributed by atoms with E-state index in [4.69, 9.17) is 5.84 Å². The number of fused-ring (bicyclic) bond motifs is 1. The van der Waals surface area contributed by atoms with Gasteiger partial charge in [-0.15, -0.1) is 0 Å². The normalized spacial score (nSPS) is 18.5. The lowest BCUT2D eigenvalue weighted by Crippen LogP contribution is -2.33. The van der Waals surface area contributed by atoms with E-state index in [0.29, 0.717) is 11.5 Å². The SMILES string of the molecule is C=C/C(=C\NN)c1cc2c(n(CC3CCC3)c1=O)CCCC2. The van der Waals surface area contributed by atoms with Crippen LogP contribution in [0.1, 0.15) is 48.9 Å². The minimum Gasteiger partial charge on any atom is -0.331 e. The van der Waals surface area contributed by atoms with Gasteiger partial charge >= 0.3 is 0 Å². The van der Waals surface area contributed by atoms with Gasteiger partial charge in [0.05, 0.1) is 0 Å². The largest absolute Gasteiger partial charge is 0.331 e. The summed E-state index contributed by atoms with van der Waals surface area (Å²) in [4.78, 5) is 13.0. The maximum atomic E-state index is 13.0. The van der Waals surface area contributed by atoms with E-state index >= 15 is 0 Å². The average molecular weight is 299 g/mol. The van der Waals surface area contributed by atoms with Crippen molar-refractivity contribution in [1.82, 2.24) is 9.99 Å². The lowest BCUT2D eigenvalue weighted by atomic mass is 9.84. The number of nitrogens with one attached hydrogen (secondary N) is 1. The summed E-state index contributed by atoms with van der Waals surface area (Å²) in [5, 5.41) is 0. The van der Waals surface area contributed by atoms with Gasteiger partial charge in [-0.1, -0.05) is 19.1 Å². The van der Waals surface area contributed by atoms with Gasteiger partial charge in [0.1, 0.15) is 0 Å². The molecule has 0 bridgehead atoms. The predicted molar refractivity (Wildman–Crippen MR) is 90.2 cm³/mol. The molecule has 4 nitrogen and oxygen atoms in total. The molecule has 3 rings (SSSR count). The van der Waals surface area contributed by atoms with Crippen molar-refractivity contribution in [2.75, 3.05) is 0 Å². The molecule has 3 N–H and O–H groups in total. The molecular weight excluding hydrogens is 274 g/mol. The van der Waals surface area contributed by atoms with Gasteiger partial charge in [-0.25, -0.2) is 0 Å². The first-order valence-corrected chi connectivity index (χ1v) is 8.29. The Hall–Kier alpha value is -1.81. The lowest BCUT2D eigenvalue weighted by molar-refractivity contribution is 0.269. The number of pyridine rings is 1. The molecule has 118 valence electrons. The number of aryl methyl sites for hydroxylation is 1. The Morgan fingerprint density at radius 1 is 1.36 bits per heavy atom. The molecule has 2 aliphatic rings. The third-order valence-electron chi connectivity index (χ3n) is 5.04. The number of hydrazine groups is 1. The van der Waals surface area contributed by atoms with Crippen LogP contribution in [0.3, 0.4) is 0 Å². The summed E-state index contributed by atoms with van der Waals surface area (Å²) in [6.45, 7) is 4.69. The monoisotopic (exact) mass is 299 g/mol. The first-order chi connectivity index (χ1) is 10.7. The van der Waals surface area contributed by atoms with Gasteiger partial charge in [0.2, 0.25) is 0 Å². The number of aromatic nitrogens is 1. The van der Waals surface area contributed by atoms with Crippen LogP contribution in [0, 0.1) is 5.92 Å². The molecule has 1 fully saturated rings. The number of nitrogens with two attached hydrogens (primary N) is 1. The first kappa shape index (κ1) is 15.1. The van der Waals surface area contributed by atoms with Gasteiger partial charge in [0.15, 0.2) is 0 Å². The second-order valence-electron chi connectivity index (χ2n) is 6.42. The second kappa shape index (κ2) is 6.53. The minimum absolute atomic E-state index is 0.106. The van der Waals surface area contributed by atoms with Crippen molar-refractivity contribution < 1.29 is 0 Å². The predicted octanol–water partition coefficient (Wildman–Crippen LogP) is 2.52. The zero-order valence-electron chi connectivity index (χ0n) is 13.1. The maximum absolute atomic E-state index is 13.0. The third-order valence-corrected chi connectivity index (χ3v) is 5.04. The van der Waals surface area contributed by atoms with Gasteiger partial charge in [-0.3, -0.25) is 10.6 Å². The molecule has 0 aliphatic heterocycles. The summed E-state index contributed by atoms with van der Waals surface area (Å²) in [6, 6.07) is 2.05. The highest BCUT2D eigenvalue weighted by Crippen LogP contribution is 2.30. The van der Waals surface area contributed by atoms with Crippen LogP contribution in [0.5, 0.6) is 0 Å². The summed E-state index contributed by atoms with van der Waals surface area (Å²) in [7, 11) is 0. The Morgan fingerprint density at radius 3 is 2.77 bits per heavy atom. The van der Waals surface area contributed by atoms with Crippen molar-refractivity contribution in [2.45, 2.75) is 51.5 Å². The topological polar surface area (TPSA) is 60.0 Å². The molecule has 2 aliphatic carbocycles. The van der Waals surface area contributed by atoms with E-state index in [1.54, 1.807) is 12.3 Å². The molecule has 1 aromatic rings. The molecule has 0 saturated heterocycles. The van der Waals surface area contributed by atoms with E-state index in [9.17, 15) is 4.79 Å². The summed E-state index contributed by atoms with van der Waals surface area (Å²) >= 11 is 0. The van der Waals surface area contributed by atoms with E-state index < -0.39 is 0 Å². The fourth-order valence-electron chi connectivity index (χ4n) is 3.55. The number of hydrogen-bond donors (Lipinski definition) is 2. The Kier molecular flexibility index (Phi) is 4.48. The van der Waals surface area contributed by atoms with Crippen molar-refractivity contribution in [1.29, 1.82) is 0 Å². The summed E-state index contributed by atoms with van der Waals surface area (Å²) in [6.07, 6.45) is 11.6. The van der Waals surface area contributed by atoms with E-state index in [1.165, 1.54) is 43.4 Å². The van der Waals surface area contributed by atoms with Crippen molar-refractivity contribution in [3.8, 4) is 0 Å². The fourth-order valence-corrected chi connectivity index (χ4v) is 3.55. The molecule has 0 spiro atoms. The van der Waals surface area contributed by atoms with Crippen LogP contribution in [0.25, 0.3) is 5.57 Å². The van der Waals surface area contributed by atoms with E-state index in [-0.39, 0.29) is 5.56 Å². The van der Waals surface area contributed by atoms with E-state index in [2.05, 4.69) is 18.1 Å². The molecule has 0 radical (unpaired) electrons. The Morgan fingerprint density at radius 2 is 2.14 bits per heavy atom. The summed E-state index contributed by atoms with van der Waals surface area (Å²) < 4.78 is 2.04. The van der Waals surface area contributed by atoms with E-state index in [0.717, 1.165) is 25.0 Å². The lowest BCUT2D eigenvalue weighted by Gasteiger charge is -2.30.